The summed E-state index contributed by atoms with van der Waals surface area (Å²) in [5.74, 6) is -0.406. The summed E-state index contributed by atoms with van der Waals surface area (Å²) in [5.41, 5.74) is 3.57. The molecule has 7 nitrogen and oxygen atoms in total. The van der Waals surface area contributed by atoms with Crippen LogP contribution >= 0.6 is 0 Å². The van der Waals surface area contributed by atoms with E-state index in [-0.39, 0.29) is 17.8 Å². The van der Waals surface area contributed by atoms with Crippen LogP contribution in [-0.4, -0.2) is 60.4 Å². The van der Waals surface area contributed by atoms with Crippen LogP contribution in [0.5, 0.6) is 5.75 Å². The summed E-state index contributed by atoms with van der Waals surface area (Å²) < 4.78 is 26.1. The van der Waals surface area contributed by atoms with Gasteiger partial charge in [-0.25, -0.2) is 9.37 Å². The first-order chi connectivity index (χ1) is 17.9. The van der Waals surface area contributed by atoms with Gasteiger partial charge in [-0.05, 0) is 73.8 Å². The SMILES string of the molecule is COc1c(F)cc(C(C)C)cc1C(C(=O)O)N1CC[C@H](OCCCCCc2ccc3c(n2)NCCC3)C1. The van der Waals surface area contributed by atoms with Gasteiger partial charge in [-0.1, -0.05) is 26.3 Å². The zero-order valence-electron chi connectivity index (χ0n) is 22.3. The molecule has 2 aromatic rings. The van der Waals surface area contributed by atoms with E-state index in [1.54, 1.807) is 6.07 Å². The number of methoxy groups -OCH3 is 1. The first kappa shape index (κ1) is 27.3. The van der Waals surface area contributed by atoms with Crippen LogP contribution in [0.25, 0.3) is 0 Å². The number of fused-ring (bicyclic) bond motifs is 1. The summed E-state index contributed by atoms with van der Waals surface area (Å²) in [6.07, 6.45) is 7.03. The molecular weight excluding hydrogens is 473 g/mol. The lowest BCUT2D eigenvalue weighted by atomic mass is 9.95. The van der Waals surface area contributed by atoms with Gasteiger partial charge in [0.25, 0.3) is 0 Å². The van der Waals surface area contributed by atoms with Gasteiger partial charge in [0.1, 0.15) is 11.9 Å². The summed E-state index contributed by atoms with van der Waals surface area (Å²) in [4.78, 5) is 18.9. The van der Waals surface area contributed by atoms with Crippen molar-refractivity contribution >= 4 is 11.8 Å². The second kappa shape index (κ2) is 12.7. The fourth-order valence-corrected chi connectivity index (χ4v) is 5.34. The number of hydrogen-bond acceptors (Lipinski definition) is 6. The van der Waals surface area contributed by atoms with E-state index in [1.807, 2.05) is 18.7 Å². The highest BCUT2D eigenvalue weighted by atomic mass is 19.1. The number of hydrogen-bond donors (Lipinski definition) is 2. The van der Waals surface area contributed by atoms with Crippen molar-refractivity contribution in [3.05, 3.63) is 52.5 Å². The number of nitrogens with one attached hydrogen (secondary N) is 1. The zero-order chi connectivity index (χ0) is 26.4. The maximum atomic E-state index is 14.7. The molecule has 4 rings (SSSR count). The summed E-state index contributed by atoms with van der Waals surface area (Å²) in [5, 5.41) is 13.5. The minimum Gasteiger partial charge on any atom is -0.493 e. The van der Waals surface area contributed by atoms with Gasteiger partial charge in [-0.2, -0.15) is 0 Å². The van der Waals surface area contributed by atoms with Crippen LogP contribution in [0.1, 0.15) is 80.3 Å². The van der Waals surface area contributed by atoms with Crippen molar-refractivity contribution < 1.29 is 23.8 Å². The first-order valence-electron chi connectivity index (χ1n) is 13.6. The van der Waals surface area contributed by atoms with Crippen molar-refractivity contribution in [2.24, 2.45) is 0 Å². The number of carboxylic acids is 1. The monoisotopic (exact) mass is 513 g/mol. The van der Waals surface area contributed by atoms with E-state index in [9.17, 15) is 14.3 Å². The number of likely N-dealkylation sites (tertiary alicyclic amines) is 1. The highest BCUT2D eigenvalue weighted by Crippen LogP contribution is 2.37. The normalized spacial score (nSPS) is 18.5. The largest absolute Gasteiger partial charge is 0.493 e. The van der Waals surface area contributed by atoms with Crippen molar-refractivity contribution in [1.82, 2.24) is 9.88 Å². The van der Waals surface area contributed by atoms with E-state index < -0.39 is 17.8 Å². The number of carboxylic acid groups (broad SMARTS) is 1. The molecule has 1 saturated heterocycles. The van der Waals surface area contributed by atoms with Gasteiger partial charge in [0, 0.05) is 37.5 Å². The third-order valence-corrected chi connectivity index (χ3v) is 7.42. The number of aliphatic carboxylic acids is 1. The van der Waals surface area contributed by atoms with E-state index in [0.29, 0.717) is 25.3 Å². The molecule has 2 aliphatic rings. The van der Waals surface area contributed by atoms with Gasteiger partial charge < -0.3 is 19.9 Å². The molecule has 1 fully saturated rings. The van der Waals surface area contributed by atoms with Crippen molar-refractivity contribution in [3.63, 3.8) is 0 Å². The molecule has 1 unspecified atom stereocenters. The van der Waals surface area contributed by atoms with Crippen LogP contribution in [-0.2, 0) is 22.4 Å². The minimum absolute atomic E-state index is 0.00497. The van der Waals surface area contributed by atoms with Crippen molar-refractivity contribution in [2.75, 3.05) is 38.7 Å². The molecule has 1 aromatic heterocycles. The Balaban J connectivity index is 1.25. The Bertz CT molecular complexity index is 1080. The van der Waals surface area contributed by atoms with E-state index in [4.69, 9.17) is 14.5 Å². The molecule has 0 saturated carbocycles. The minimum atomic E-state index is -1.01. The molecule has 0 spiro atoms. The zero-order valence-corrected chi connectivity index (χ0v) is 22.3. The smallest absolute Gasteiger partial charge is 0.325 e. The lowest BCUT2D eigenvalue weighted by molar-refractivity contribution is -0.143. The number of unbranched alkanes of at least 4 members (excludes halogenated alkanes) is 2. The molecule has 0 radical (unpaired) electrons. The number of aryl methyl sites for hydroxylation is 2. The number of rotatable bonds is 12. The second-order valence-corrected chi connectivity index (χ2v) is 10.4. The number of halogens is 1. The van der Waals surface area contributed by atoms with Crippen LogP contribution < -0.4 is 10.1 Å². The summed E-state index contributed by atoms with van der Waals surface area (Å²) in [6, 6.07) is 6.57. The standard InChI is InChI=1S/C29H40FN3O4/c1-19(2)21-16-24(27(36-3)25(30)17-21)26(29(34)35)33-14-12-23(18-33)37-15-6-4-5-9-22-11-10-20-8-7-13-31-28(20)32-22/h10-11,16-17,19,23,26H,4-9,12-15,18H2,1-3H3,(H,31,32)(H,34,35)/t23-,26?/m0/s1. The molecule has 0 bridgehead atoms. The second-order valence-electron chi connectivity index (χ2n) is 10.4. The quantitative estimate of drug-likeness (QED) is 0.371. The van der Waals surface area contributed by atoms with Crippen molar-refractivity contribution in [2.45, 2.75) is 76.9 Å². The Morgan fingerprint density at radius 3 is 2.86 bits per heavy atom. The lowest BCUT2D eigenvalue weighted by Crippen LogP contribution is -2.34. The molecule has 1 aromatic carbocycles. The van der Waals surface area contributed by atoms with Crippen molar-refractivity contribution in [3.8, 4) is 5.75 Å². The maximum absolute atomic E-state index is 14.7. The number of aromatic nitrogens is 1. The van der Waals surface area contributed by atoms with Gasteiger partial charge in [-0.3, -0.25) is 9.69 Å². The van der Waals surface area contributed by atoms with Gasteiger partial charge >= 0.3 is 5.97 Å². The maximum Gasteiger partial charge on any atom is 0.325 e. The van der Waals surface area contributed by atoms with Gasteiger partial charge in [0.2, 0.25) is 0 Å². The number of anilines is 1. The van der Waals surface area contributed by atoms with Gasteiger partial charge in [0.15, 0.2) is 11.6 Å². The first-order valence-corrected chi connectivity index (χ1v) is 13.6. The Morgan fingerprint density at radius 1 is 1.27 bits per heavy atom. The predicted octanol–water partition coefficient (Wildman–Crippen LogP) is 5.34. The number of ether oxygens (including phenoxy) is 2. The average molecular weight is 514 g/mol. The highest BCUT2D eigenvalue weighted by Gasteiger charge is 2.36. The molecule has 8 heteroatoms. The topological polar surface area (TPSA) is 83.9 Å². The molecule has 2 aliphatic heterocycles. The van der Waals surface area contributed by atoms with Crippen molar-refractivity contribution in [1.29, 1.82) is 0 Å². The Hall–Kier alpha value is -2.71. The van der Waals surface area contributed by atoms with Gasteiger partial charge in [0.05, 0.1) is 13.2 Å². The third kappa shape index (κ3) is 6.79. The molecule has 2 atom stereocenters. The Morgan fingerprint density at radius 2 is 2.11 bits per heavy atom. The molecule has 0 aliphatic carbocycles. The summed E-state index contributed by atoms with van der Waals surface area (Å²) in [7, 11) is 1.38. The third-order valence-electron chi connectivity index (χ3n) is 7.42. The van der Waals surface area contributed by atoms with Crippen LogP contribution in [0, 0.1) is 5.82 Å². The molecule has 202 valence electrons. The predicted molar refractivity (Wildman–Crippen MR) is 142 cm³/mol. The van der Waals surface area contributed by atoms with E-state index in [2.05, 4.69) is 17.4 Å². The van der Waals surface area contributed by atoms with E-state index in [1.165, 1.54) is 25.2 Å². The Labute approximate surface area is 219 Å². The Kier molecular flexibility index (Phi) is 9.38. The molecule has 0 amide bonds. The lowest BCUT2D eigenvalue weighted by Gasteiger charge is -2.27. The van der Waals surface area contributed by atoms with Gasteiger partial charge in [-0.15, -0.1) is 0 Å². The van der Waals surface area contributed by atoms with Crippen LogP contribution in [0.3, 0.4) is 0 Å². The fourth-order valence-electron chi connectivity index (χ4n) is 5.34. The van der Waals surface area contributed by atoms with Crippen LogP contribution in [0.4, 0.5) is 10.2 Å². The summed E-state index contributed by atoms with van der Waals surface area (Å²) in [6.45, 7) is 6.65. The average Bonchev–Trinajstić information content (AvgIpc) is 3.33. The molecule has 3 heterocycles. The van der Waals surface area contributed by atoms with Crippen LogP contribution in [0.15, 0.2) is 24.3 Å². The molecule has 37 heavy (non-hydrogen) atoms. The number of benzene rings is 1. The van der Waals surface area contributed by atoms with E-state index in [0.717, 1.165) is 62.1 Å². The van der Waals surface area contributed by atoms with Crippen LogP contribution in [0.2, 0.25) is 0 Å². The number of nitrogens with zero attached hydrogens (tertiary/aromatic N) is 2. The summed E-state index contributed by atoms with van der Waals surface area (Å²) >= 11 is 0. The molecular formula is C29H40FN3O4. The van der Waals surface area contributed by atoms with E-state index >= 15 is 0 Å². The number of pyridine rings is 1. The highest BCUT2D eigenvalue weighted by molar-refractivity contribution is 5.77. The molecule has 2 N–H and O–H groups in total. The number of carbonyl (C=O) groups is 1. The fraction of sp³-hybridized carbons (Fsp3) is 0.586.